The molecule has 1 fully saturated rings. The number of nitrogens with one attached hydrogen (secondary N) is 1. The highest BCUT2D eigenvalue weighted by molar-refractivity contribution is 7.07. The standard InChI is InChI=1S/C18H23N3O2S/c1-14-12-21(7-8-23-14)17-4-2-16(10-19-17)11-20-18(22)5-3-15-6-9-24-13-15/h2,4,6,9-10,13-14H,3,5,7-8,11-12H2,1H3,(H,20,22)/t14-/m0/s1. The van der Waals surface area contributed by atoms with Gasteiger partial charge in [0.1, 0.15) is 5.82 Å². The number of carbonyl (C=O) groups is 1. The van der Waals surface area contributed by atoms with E-state index >= 15 is 0 Å². The molecule has 1 amide bonds. The van der Waals surface area contributed by atoms with E-state index in [-0.39, 0.29) is 12.0 Å². The lowest BCUT2D eigenvalue weighted by molar-refractivity contribution is -0.121. The van der Waals surface area contributed by atoms with E-state index in [9.17, 15) is 4.79 Å². The molecule has 1 atom stereocenters. The average molecular weight is 345 g/mol. The molecular weight excluding hydrogens is 322 g/mol. The van der Waals surface area contributed by atoms with Crippen molar-refractivity contribution >= 4 is 23.1 Å². The number of hydrogen-bond donors (Lipinski definition) is 1. The van der Waals surface area contributed by atoms with Gasteiger partial charge in [0, 0.05) is 32.3 Å². The Hall–Kier alpha value is -1.92. The lowest BCUT2D eigenvalue weighted by Crippen LogP contribution is -2.41. The molecule has 0 bridgehead atoms. The molecule has 128 valence electrons. The predicted octanol–water partition coefficient (Wildman–Crippen LogP) is 2.62. The topological polar surface area (TPSA) is 54.5 Å². The third-order valence-electron chi connectivity index (χ3n) is 4.08. The monoisotopic (exact) mass is 345 g/mol. The number of aromatic nitrogens is 1. The molecule has 0 unspecified atom stereocenters. The SMILES string of the molecule is C[C@H]1CN(c2ccc(CNC(=O)CCc3ccsc3)cn2)CCO1. The second-order valence-electron chi connectivity index (χ2n) is 6.06. The van der Waals surface area contributed by atoms with Gasteiger partial charge in [0.15, 0.2) is 0 Å². The van der Waals surface area contributed by atoms with Crippen molar-refractivity contribution in [1.29, 1.82) is 0 Å². The van der Waals surface area contributed by atoms with Crippen molar-refractivity contribution in [2.24, 2.45) is 0 Å². The largest absolute Gasteiger partial charge is 0.375 e. The number of anilines is 1. The zero-order valence-electron chi connectivity index (χ0n) is 13.9. The molecule has 0 radical (unpaired) electrons. The van der Waals surface area contributed by atoms with Gasteiger partial charge in [-0.25, -0.2) is 4.98 Å². The van der Waals surface area contributed by atoms with Gasteiger partial charge in [0.2, 0.25) is 5.91 Å². The zero-order chi connectivity index (χ0) is 16.8. The Bertz CT molecular complexity index is 643. The van der Waals surface area contributed by atoms with Crippen LogP contribution in [0, 0.1) is 0 Å². The Kier molecular flexibility index (Phi) is 5.82. The molecule has 2 aromatic heterocycles. The number of pyridine rings is 1. The van der Waals surface area contributed by atoms with Gasteiger partial charge < -0.3 is 15.0 Å². The van der Waals surface area contributed by atoms with Crippen molar-refractivity contribution in [3.8, 4) is 0 Å². The van der Waals surface area contributed by atoms with Crippen LogP contribution < -0.4 is 10.2 Å². The number of hydrogen-bond acceptors (Lipinski definition) is 5. The number of nitrogens with zero attached hydrogens (tertiary/aromatic N) is 2. The number of thiophene rings is 1. The average Bonchev–Trinajstić information content (AvgIpc) is 3.12. The fourth-order valence-corrected chi connectivity index (χ4v) is 3.42. The number of ether oxygens (including phenoxy) is 1. The van der Waals surface area contributed by atoms with Gasteiger partial charge in [-0.15, -0.1) is 0 Å². The summed E-state index contributed by atoms with van der Waals surface area (Å²) in [5, 5.41) is 7.08. The van der Waals surface area contributed by atoms with Gasteiger partial charge in [0.25, 0.3) is 0 Å². The highest BCUT2D eigenvalue weighted by atomic mass is 32.1. The molecule has 0 aromatic carbocycles. The molecule has 1 aliphatic heterocycles. The number of rotatable bonds is 6. The van der Waals surface area contributed by atoms with E-state index in [1.54, 1.807) is 11.3 Å². The fraction of sp³-hybridized carbons (Fsp3) is 0.444. The van der Waals surface area contributed by atoms with E-state index < -0.39 is 0 Å². The van der Waals surface area contributed by atoms with E-state index in [0.29, 0.717) is 13.0 Å². The van der Waals surface area contributed by atoms with Crippen LogP contribution in [0.5, 0.6) is 0 Å². The summed E-state index contributed by atoms with van der Waals surface area (Å²) in [6.45, 7) is 5.08. The second kappa shape index (κ2) is 8.26. The highest BCUT2D eigenvalue weighted by Gasteiger charge is 2.17. The first-order valence-electron chi connectivity index (χ1n) is 8.30. The second-order valence-corrected chi connectivity index (χ2v) is 6.84. The molecule has 1 N–H and O–H groups in total. The summed E-state index contributed by atoms with van der Waals surface area (Å²) in [6.07, 6.45) is 3.40. The van der Waals surface area contributed by atoms with Crippen LogP contribution in [0.3, 0.4) is 0 Å². The first-order chi connectivity index (χ1) is 11.7. The summed E-state index contributed by atoms with van der Waals surface area (Å²) < 4.78 is 5.55. The van der Waals surface area contributed by atoms with Gasteiger partial charge in [-0.3, -0.25) is 4.79 Å². The Labute approximate surface area is 146 Å². The summed E-state index contributed by atoms with van der Waals surface area (Å²) >= 11 is 1.66. The summed E-state index contributed by atoms with van der Waals surface area (Å²) in [5.74, 6) is 1.05. The molecule has 2 aromatic rings. The lowest BCUT2D eigenvalue weighted by atomic mass is 10.2. The molecule has 3 heterocycles. The summed E-state index contributed by atoms with van der Waals surface area (Å²) in [4.78, 5) is 18.7. The smallest absolute Gasteiger partial charge is 0.220 e. The van der Waals surface area contributed by atoms with E-state index in [1.165, 1.54) is 5.56 Å². The number of amides is 1. The summed E-state index contributed by atoms with van der Waals surface area (Å²) in [7, 11) is 0. The van der Waals surface area contributed by atoms with Crippen LogP contribution in [0.15, 0.2) is 35.2 Å². The van der Waals surface area contributed by atoms with Crippen LogP contribution in [0.1, 0.15) is 24.5 Å². The third-order valence-corrected chi connectivity index (χ3v) is 4.82. The van der Waals surface area contributed by atoms with Gasteiger partial charge in [-0.2, -0.15) is 11.3 Å². The van der Waals surface area contributed by atoms with E-state index in [2.05, 4.69) is 33.6 Å². The Morgan fingerprint density at radius 3 is 3.04 bits per heavy atom. The molecule has 1 aliphatic rings. The van der Waals surface area contributed by atoms with Crippen molar-refractivity contribution in [3.63, 3.8) is 0 Å². The van der Waals surface area contributed by atoms with Crippen molar-refractivity contribution < 1.29 is 9.53 Å². The van der Waals surface area contributed by atoms with Crippen LogP contribution in [-0.2, 0) is 22.5 Å². The van der Waals surface area contributed by atoms with Crippen LogP contribution >= 0.6 is 11.3 Å². The molecule has 24 heavy (non-hydrogen) atoms. The first-order valence-corrected chi connectivity index (χ1v) is 9.24. The van der Waals surface area contributed by atoms with Gasteiger partial charge >= 0.3 is 0 Å². The van der Waals surface area contributed by atoms with Crippen molar-refractivity contribution in [2.45, 2.75) is 32.4 Å². The van der Waals surface area contributed by atoms with Gasteiger partial charge in [-0.1, -0.05) is 6.07 Å². The molecule has 0 spiro atoms. The fourth-order valence-electron chi connectivity index (χ4n) is 2.72. The maximum Gasteiger partial charge on any atom is 0.220 e. The summed E-state index contributed by atoms with van der Waals surface area (Å²) in [6, 6.07) is 6.11. The van der Waals surface area contributed by atoms with Crippen molar-refractivity contribution in [3.05, 3.63) is 46.3 Å². The maximum atomic E-state index is 11.9. The minimum absolute atomic E-state index is 0.0762. The molecule has 1 saturated heterocycles. The van der Waals surface area contributed by atoms with Crippen molar-refractivity contribution in [1.82, 2.24) is 10.3 Å². The minimum atomic E-state index is 0.0762. The highest BCUT2D eigenvalue weighted by Crippen LogP contribution is 2.15. The molecule has 0 saturated carbocycles. The molecule has 0 aliphatic carbocycles. The number of aryl methyl sites for hydroxylation is 1. The Morgan fingerprint density at radius 1 is 1.42 bits per heavy atom. The van der Waals surface area contributed by atoms with Crippen LogP contribution in [0.25, 0.3) is 0 Å². The molecule has 6 heteroatoms. The number of carbonyl (C=O) groups excluding carboxylic acids is 1. The van der Waals surface area contributed by atoms with Gasteiger partial charge in [0.05, 0.1) is 12.7 Å². The van der Waals surface area contributed by atoms with Crippen LogP contribution in [0.4, 0.5) is 5.82 Å². The molecule has 5 nitrogen and oxygen atoms in total. The van der Waals surface area contributed by atoms with Crippen LogP contribution in [0.2, 0.25) is 0 Å². The molecular formula is C18H23N3O2S. The first kappa shape index (κ1) is 16.9. The number of morpholine rings is 1. The van der Waals surface area contributed by atoms with E-state index in [1.807, 2.05) is 23.7 Å². The lowest BCUT2D eigenvalue weighted by Gasteiger charge is -2.32. The Balaban J connectivity index is 1.44. The third kappa shape index (κ3) is 4.79. The van der Waals surface area contributed by atoms with Crippen molar-refractivity contribution in [2.75, 3.05) is 24.6 Å². The maximum absolute atomic E-state index is 11.9. The van der Waals surface area contributed by atoms with E-state index in [0.717, 1.165) is 37.5 Å². The van der Waals surface area contributed by atoms with Crippen LogP contribution in [-0.4, -0.2) is 36.7 Å². The normalized spacial score (nSPS) is 17.7. The predicted molar refractivity (Wildman–Crippen MR) is 96.4 cm³/mol. The molecule has 3 rings (SSSR count). The zero-order valence-corrected chi connectivity index (χ0v) is 14.7. The minimum Gasteiger partial charge on any atom is -0.375 e. The van der Waals surface area contributed by atoms with Gasteiger partial charge in [-0.05, 0) is 47.4 Å². The van der Waals surface area contributed by atoms with E-state index in [4.69, 9.17) is 4.74 Å². The Morgan fingerprint density at radius 2 is 2.33 bits per heavy atom. The summed E-state index contributed by atoms with van der Waals surface area (Å²) in [5.41, 5.74) is 2.24. The quantitative estimate of drug-likeness (QED) is 0.874.